The second-order valence-electron chi connectivity index (χ2n) is 15.1. The van der Waals surface area contributed by atoms with E-state index in [0.717, 1.165) is 37.1 Å². The number of nitrogens with zero attached hydrogens (tertiary/aromatic N) is 7. The number of carbonyl (C=O) groups excluding carboxylic acids is 2. The zero-order chi connectivity index (χ0) is 48.6. The van der Waals surface area contributed by atoms with E-state index < -0.39 is 35.3 Å². The molecule has 4 heterocycles. The molecule has 16 nitrogen and oxygen atoms in total. The molecule has 0 unspecified atom stereocenters. The molecule has 9 aromatic rings. The van der Waals surface area contributed by atoms with E-state index in [9.17, 15) is 27.2 Å². The number of fused-ring (bicyclic) bond motifs is 2. The predicted molar refractivity (Wildman–Crippen MR) is 255 cm³/mol. The van der Waals surface area contributed by atoms with Gasteiger partial charge >= 0.3 is 12.1 Å². The van der Waals surface area contributed by atoms with Gasteiger partial charge in [-0.05, 0) is 91.0 Å². The van der Waals surface area contributed by atoms with Crippen LogP contribution in [0.4, 0.5) is 55.7 Å². The third kappa shape index (κ3) is 11.6. The van der Waals surface area contributed by atoms with Crippen LogP contribution < -0.4 is 35.6 Å². The third-order valence-corrected chi connectivity index (χ3v) is 10.4. The summed E-state index contributed by atoms with van der Waals surface area (Å²) in [7, 11) is 0. The van der Waals surface area contributed by atoms with Crippen LogP contribution in [0.1, 0.15) is 0 Å². The zero-order valence-corrected chi connectivity index (χ0v) is 37.0. The standard InChI is InChI=1S/C25H21ClFN5O3.C24H15F3N6O2/c26-16-1-3-17(4-2-16)29-25(33)30-18-5-8-23(20(27)13-18)35-19-6-7-21-22(14-19)31-24(15-28-21)32-9-11-34-12-10-32;25-17-5-2-14(10-18(17)26)30-24(34)31-15-3-7-22(19(27)11-15)35-16-4-6-20-21(12-16)32-23(13-28-20)33-9-1-8-29-33/h1-8,13-15H,9-12H2,(H2,29,30,33);1-13H,(H2,30,31,34). The Kier molecular flexibility index (Phi) is 13.8. The van der Waals surface area contributed by atoms with Gasteiger partial charge in [0.05, 0.1) is 47.7 Å². The molecule has 0 spiro atoms. The zero-order valence-electron chi connectivity index (χ0n) is 36.2. The van der Waals surface area contributed by atoms with Crippen LogP contribution in [-0.4, -0.2) is 68.1 Å². The van der Waals surface area contributed by atoms with Crippen molar-refractivity contribution in [3.8, 4) is 28.8 Å². The molecule has 4 amide bonds. The van der Waals surface area contributed by atoms with Gasteiger partial charge in [0.25, 0.3) is 0 Å². The van der Waals surface area contributed by atoms with Gasteiger partial charge in [0.1, 0.15) is 17.3 Å². The Bertz CT molecular complexity index is 3350. The van der Waals surface area contributed by atoms with Gasteiger partial charge in [0.2, 0.25) is 0 Å². The van der Waals surface area contributed by atoms with Gasteiger partial charge in [0, 0.05) is 83.6 Å². The number of hydrogen-bond donors (Lipinski definition) is 4. The van der Waals surface area contributed by atoms with Crippen molar-refractivity contribution < 1.29 is 41.4 Å². The van der Waals surface area contributed by atoms with Crippen molar-refractivity contribution in [2.45, 2.75) is 0 Å². The van der Waals surface area contributed by atoms with Crippen molar-refractivity contribution in [2.24, 2.45) is 0 Å². The van der Waals surface area contributed by atoms with Crippen LogP contribution in [0, 0.1) is 23.3 Å². The summed E-state index contributed by atoms with van der Waals surface area (Å²) >= 11 is 5.84. The molecule has 1 saturated heterocycles. The van der Waals surface area contributed by atoms with Crippen molar-refractivity contribution in [1.82, 2.24) is 29.7 Å². The van der Waals surface area contributed by atoms with E-state index >= 15 is 0 Å². The number of halogens is 5. The van der Waals surface area contributed by atoms with E-state index in [0.29, 0.717) is 63.3 Å². The molecule has 4 N–H and O–H groups in total. The molecule has 1 aliphatic heterocycles. The van der Waals surface area contributed by atoms with Gasteiger partial charge in [0.15, 0.2) is 40.6 Å². The molecule has 0 saturated carbocycles. The minimum Gasteiger partial charge on any atom is -0.454 e. The number of benzene rings is 6. The van der Waals surface area contributed by atoms with E-state index in [2.05, 4.69) is 51.2 Å². The van der Waals surface area contributed by atoms with Crippen LogP contribution in [-0.2, 0) is 4.74 Å². The predicted octanol–water partition coefficient (Wildman–Crippen LogP) is 11.4. The van der Waals surface area contributed by atoms with Crippen LogP contribution in [0.2, 0.25) is 5.02 Å². The fraction of sp³-hybridized carbons (Fsp3) is 0.0816. The number of anilines is 5. The normalized spacial score (nSPS) is 12.2. The van der Waals surface area contributed by atoms with Gasteiger partial charge in [-0.3, -0.25) is 9.97 Å². The summed E-state index contributed by atoms with van der Waals surface area (Å²) in [6.45, 7) is 2.80. The number of hydrogen-bond acceptors (Lipinski definition) is 11. The number of aromatic nitrogens is 6. The van der Waals surface area contributed by atoms with Crippen molar-refractivity contribution in [1.29, 1.82) is 0 Å². The highest BCUT2D eigenvalue weighted by atomic mass is 35.5. The quantitative estimate of drug-likeness (QED) is 0.0957. The lowest BCUT2D eigenvalue weighted by Gasteiger charge is -2.27. The second kappa shape index (κ2) is 21.0. The lowest BCUT2D eigenvalue weighted by molar-refractivity contribution is 0.122. The maximum Gasteiger partial charge on any atom is 0.323 e. The number of amides is 4. The molecular weight excluding hydrogens is 934 g/mol. The van der Waals surface area contributed by atoms with Crippen LogP contribution in [0.15, 0.2) is 146 Å². The lowest BCUT2D eigenvalue weighted by Crippen LogP contribution is -2.36. The molecule has 0 aliphatic carbocycles. The monoisotopic (exact) mass is 969 g/mol. The number of rotatable bonds is 10. The summed E-state index contributed by atoms with van der Waals surface area (Å²) < 4.78 is 74.0. The third-order valence-electron chi connectivity index (χ3n) is 10.2. The Morgan fingerprint density at radius 3 is 1.59 bits per heavy atom. The number of morpholine rings is 1. The fourth-order valence-electron chi connectivity index (χ4n) is 6.82. The molecule has 0 atom stereocenters. The van der Waals surface area contributed by atoms with Crippen LogP contribution in [0.25, 0.3) is 27.9 Å². The van der Waals surface area contributed by atoms with Crippen molar-refractivity contribution in [2.75, 3.05) is 52.5 Å². The Morgan fingerprint density at radius 2 is 1.06 bits per heavy atom. The second-order valence-corrected chi connectivity index (χ2v) is 15.5. The molecule has 6 aromatic carbocycles. The van der Waals surface area contributed by atoms with E-state index in [1.807, 2.05) is 0 Å². The summed E-state index contributed by atoms with van der Waals surface area (Å²) in [6.07, 6.45) is 6.69. The van der Waals surface area contributed by atoms with Crippen LogP contribution in [0.5, 0.6) is 23.0 Å². The average molecular weight is 970 g/mol. The summed E-state index contributed by atoms with van der Waals surface area (Å²) in [4.78, 5) is 44.4. The van der Waals surface area contributed by atoms with Gasteiger partial charge in [-0.15, -0.1) is 0 Å². The first-order valence-electron chi connectivity index (χ1n) is 21.2. The number of ether oxygens (including phenoxy) is 3. The first kappa shape index (κ1) is 46.2. The van der Waals surface area contributed by atoms with Crippen molar-refractivity contribution in [3.63, 3.8) is 0 Å². The maximum absolute atomic E-state index is 14.7. The fourth-order valence-corrected chi connectivity index (χ4v) is 6.95. The Morgan fingerprint density at radius 1 is 0.557 bits per heavy atom. The van der Waals surface area contributed by atoms with Crippen molar-refractivity contribution in [3.05, 3.63) is 174 Å². The summed E-state index contributed by atoms with van der Waals surface area (Å²) in [5.74, 6) is -1.52. The molecule has 21 heteroatoms. The molecule has 0 bridgehead atoms. The number of nitrogens with one attached hydrogen (secondary N) is 4. The summed E-state index contributed by atoms with van der Waals surface area (Å²) in [6, 6.07) is 28.2. The van der Waals surface area contributed by atoms with E-state index in [4.69, 9.17) is 25.8 Å². The average Bonchev–Trinajstić information content (AvgIpc) is 3.91. The highest BCUT2D eigenvalue weighted by molar-refractivity contribution is 6.30. The van der Waals surface area contributed by atoms with Gasteiger partial charge in [-0.1, -0.05) is 11.6 Å². The van der Waals surface area contributed by atoms with Crippen LogP contribution >= 0.6 is 11.6 Å². The molecule has 1 aliphatic rings. The summed E-state index contributed by atoms with van der Waals surface area (Å²) in [5.41, 5.74) is 3.51. The SMILES string of the molecule is O=C(Nc1ccc(Cl)cc1)Nc1ccc(Oc2ccc3ncc(N4CCOCC4)nc3c2)c(F)c1.O=C(Nc1ccc(F)c(F)c1)Nc1ccc(Oc2ccc3ncc(-n4cccn4)nc3c2)c(F)c1. The summed E-state index contributed by atoms with van der Waals surface area (Å²) in [5, 5.41) is 14.7. The first-order valence-corrected chi connectivity index (χ1v) is 21.5. The van der Waals surface area contributed by atoms with Gasteiger partial charge in [-0.2, -0.15) is 5.10 Å². The molecule has 70 heavy (non-hydrogen) atoms. The maximum atomic E-state index is 14.7. The molecule has 1 fully saturated rings. The minimum atomic E-state index is -1.10. The number of urea groups is 2. The molecule has 0 radical (unpaired) electrons. The highest BCUT2D eigenvalue weighted by Crippen LogP contribution is 2.31. The Hall–Kier alpha value is -8.88. The Labute approximate surface area is 399 Å². The van der Waals surface area contributed by atoms with E-state index in [1.54, 1.807) is 102 Å². The molecule has 10 rings (SSSR count). The highest BCUT2D eigenvalue weighted by Gasteiger charge is 2.16. The minimum absolute atomic E-state index is 0.0188. The van der Waals surface area contributed by atoms with Crippen LogP contribution in [0.3, 0.4) is 0 Å². The smallest absolute Gasteiger partial charge is 0.323 e. The molecule has 3 aromatic heterocycles. The van der Waals surface area contributed by atoms with Crippen molar-refractivity contribution >= 4 is 74.3 Å². The van der Waals surface area contributed by atoms with Gasteiger partial charge < -0.3 is 40.4 Å². The van der Waals surface area contributed by atoms with Gasteiger partial charge in [-0.25, -0.2) is 41.8 Å². The largest absolute Gasteiger partial charge is 0.454 e. The topological polar surface area (TPSA) is 183 Å². The lowest BCUT2D eigenvalue weighted by atomic mass is 10.2. The molecule has 352 valence electrons. The van der Waals surface area contributed by atoms with E-state index in [-0.39, 0.29) is 28.6 Å². The molecular formula is C49H36ClF4N11O5. The first-order chi connectivity index (χ1) is 34.0. The van der Waals surface area contributed by atoms with E-state index in [1.165, 1.54) is 30.3 Å². The Balaban J connectivity index is 0.000000174. The number of carbonyl (C=O) groups is 2.